The molecule has 0 heterocycles. The molecule has 2 aliphatic carbocycles. The molecule has 0 radical (unpaired) electrons. The van der Waals surface area contributed by atoms with Gasteiger partial charge in [0.05, 0.1) is 0 Å². The van der Waals surface area contributed by atoms with Gasteiger partial charge in [-0.3, -0.25) is 4.79 Å². The third kappa shape index (κ3) is 2.54. The van der Waals surface area contributed by atoms with Crippen LogP contribution in [0.25, 0.3) is 0 Å². The van der Waals surface area contributed by atoms with Crippen LogP contribution in [0.1, 0.15) is 50.0 Å². The maximum absolute atomic E-state index is 11.5. The summed E-state index contributed by atoms with van der Waals surface area (Å²) in [4.78, 5) is 11.5. The van der Waals surface area contributed by atoms with Gasteiger partial charge in [-0.25, -0.2) is 0 Å². The quantitative estimate of drug-likeness (QED) is 0.735. The van der Waals surface area contributed by atoms with Crippen molar-refractivity contribution >= 4 is 21.7 Å². The number of hydrogen-bond acceptors (Lipinski definition) is 1. The predicted molar refractivity (Wildman–Crippen MR) is 76.6 cm³/mol. The fraction of sp³-hybridized carbons (Fsp3) is 0.562. The van der Waals surface area contributed by atoms with E-state index in [1.165, 1.54) is 24.8 Å². The summed E-state index contributed by atoms with van der Waals surface area (Å²) in [5, 5.41) is 0. The lowest BCUT2D eigenvalue weighted by atomic mass is 9.66. The van der Waals surface area contributed by atoms with Gasteiger partial charge < -0.3 is 0 Å². The van der Waals surface area contributed by atoms with E-state index in [-0.39, 0.29) is 0 Å². The summed E-state index contributed by atoms with van der Waals surface area (Å²) in [6.45, 7) is 0. The van der Waals surface area contributed by atoms with E-state index in [0.717, 1.165) is 29.7 Å². The third-order valence-corrected chi connectivity index (χ3v) is 5.29. The number of Topliss-reactive ketones (excluding diaryl/α,β-unsaturated/α-hetero) is 1. The van der Waals surface area contributed by atoms with E-state index < -0.39 is 0 Å². The molecule has 1 aromatic carbocycles. The molecule has 3 atom stereocenters. The molecule has 0 bridgehead atoms. The molecule has 1 aromatic rings. The molecule has 2 saturated carbocycles. The summed E-state index contributed by atoms with van der Waals surface area (Å²) < 4.78 is 1.16. The second-order valence-electron chi connectivity index (χ2n) is 5.86. The van der Waals surface area contributed by atoms with Gasteiger partial charge >= 0.3 is 0 Å². The summed E-state index contributed by atoms with van der Waals surface area (Å²) >= 11 is 3.49. The van der Waals surface area contributed by atoms with E-state index in [0.29, 0.717) is 17.6 Å². The Kier molecular flexibility index (Phi) is 3.56. The molecule has 3 rings (SSSR count). The van der Waals surface area contributed by atoms with Crippen LogP contribution < -0.4 is 0 Å². The van der Waals surface area contributed by atoms with Crippen LogP contribution in [-0.2, 0) is 4.79 Å². The van der Waals surface area contributed by atoms with E-state index >= 15 is 0 Å². The molecule has 0 aliphatic heterocycles. The van der Waals surface area contributed by atoms with E-state index in [2.05, 4.69) is 40.2 Å². The monoisotopic (exact) mass is 306 g/mol. The molecular formula is C16H19BrO. The maximum Gasteiger partial charge on any atom is 0.133 e. The van der Waals surface area contributed by atoms with Gasteiger partial charge in [0, 0.05) is 17.3 Å². The normalized spacial score (nSPS) is 32.1. The minimum Gasteiger partial charge on any atom is -0.300 e. The van der Waals surface area contributed by atoms with Crippen molar-refractivity contribution in [2.24, 2.45) is 11.8 Å². The molecule has 0 spiro atoms. The topological polar surface area (TPSA) is 17.1 Å². The van der Waals surface area contributed by atoms with Crippen molar-refractivity contribution < 1.29 is 4.79 Å². The van der Waals surface area contributed by atoms with Crippen LogP contribution in [0.4, 0.5) is 0 Å². The van der Waals surface area contributed by atoms with Gasteiger partial charge in [0.2, 0.25) is 0 Å². The number of rotatable bonds is 1. The van der Waals surface area contributed by atoms with Gasteiger partial charge in [-0.05, 0) is 61.1 Å². The third-order valence-electron chi connectivity index (χ3n) is 4.77. The molecule has 0 aromatic heterocycles. The summed E-state index contributed by atoms with van der Waals surface area (Å²) in [6, 6.07) is 8.80. The van der Waals surface area contributed by atoms with Crippen molar-refractivity contribution in [2.45, 2.75) is 44.4 Å². The van der Waals surface area contributed by atoms with Crippen molar-refractivity contribution in [2.75, 3.05) is 0 Å². The Bertz CT molecular complexity index is 437. The van der Waals surface area contributed by atoms with Gasteiger partial charge in [-0.1, -0.05) is 28.1 Å². The van der Waals surface area contributed by atoms with Crippen molar-refractivity contribution in [3.63, 3.8) is 0 Å². The predicted octanol–water partition coefficient (Wildman–Crippen LogP) is 4.70. The Labute approximate surface area is 117 Å². The zero-order chi connectivity index (χ0) is 12.5. The zero-order valence-corrected chi connectivity index (χ0v) is 12.2. The van der Waals surface area contributed by atoms with Crippen LogP contribution in [0.5, 0.6) is 0 Å². The second-order valence-corrected chi connectivity index (χ2v) is 6.78. The SMILES string of the molecule is O=C1CCC2CC(c3ccc(Br)cc3)CCC2C1. The number of carbonyl (C=O) groups excluding carboxylic acids is 1. The summed E-state index contributed by atoms with van der Waals surface area (Å²) in [5.41, 5.74) is 1.48. The van der Waals surface area contributed by atoms with Gasteiger partial charge in [-0.2, -0.15) is 0 Å². The first-order valence-corrected chi connectivity index (χ1v) is 7.79. The Morgan fingerprint density at radius 2 is 1.78 bits per heavy atom. The van der Waals surface area contributed by atoms with Crippen LogP contribution in [-0.4, -0.2) is 5.78 Å². The van der Waals surface area contributed by atoms with Gasteiger partial charge in [0.25, 0.3) is 0 Å². The molecule has 1 nitrogen and oxygen atoms in total. The highest BCUT2D eigenvalue weighted by molar-refractivity contribution is 9.10. The van der Waals surface area contributed by atoms with Crippen LogP contribution in [0.15, 0.2) is 28.7 Å². The van der Waals surface area contributed by atoms with E-state index in [1.807, 2.05) is 0 Å². The van der Waals surface area contributed by atoms with Crippen LogP contribution in [0.2, 0.25) is 0 Å². The number of halogens is 1. The summed E-state index contributed by atoms with van der Waals surface area (Å²) in [5.74, 6) is 2.70. The fourth-order valence-electron chi connectivity index (χ4n) is 3.73. The first-order valence-electron chi connectivity index (χ1n) is 6.99. The lowest BCUT2D eigenvalue weighted by molar-refractivity contribution is -0.123. The lowest BCUT2D eigenvalue weighted by Gasteiger charge is -2.39. The molecule has 3 unspecified atom stereocenters. The van der Waals surface area contributed by atoms with Crippen LogP contribution in [0.3, 0.4) is 0 Å². The smallest absolute Gasteiger partial charge is 0.133 e. The minimum atomic E-state index is 0.498. The first-order chi connectivity index (χ1) is 8.72. The van der Waals surface area contributed by atoms with Gasteiger partial charge in [0.15, 0.2) is 0 Å². The van der Waals surface area contributed by atoms with Gasteiger partial charge in [-0.15, -0.1) is 0 Å². The van der Waals surface area contributed by atoms with Crippen molar-refractivity contribution in [1.29, 1.82) is 0 Å². The highest BCUT2D eigenvalue weighted by Gasteiger charge is 2.35. The Morgan fingerprint density at radius 1 is 1.00 bits per heavy atom. The summed E-state index contributed by atoms with van der Waals surface area (Å²) in [7, 11) is 0. The van der Waals surface area contributed by atoms with E-state index in [9.17, 15) is 4.79 Å². The van der Waals surface area contributed by atoms with Crippen molar-refractivity contribution in [3.05, 3.63) is 34.3 Å². The molecule has 2 heteroatoms. The van der Waals surface area contributed by atoms with E-state index in [4.69, 9.17) is 0 Å². The largest absolute Gasteiger partial charge is 0.300 e. The average molecular weight is 307 g/mol. The molecule has 2 aliphatic rings. The fourth-order valence-corrected chi connectivity index (χ4v) is 3.99. The maximum atomic E-state index is 11.5. The first kappa shape index (κ1) is 12.4. The standard InChI is InChI=1S/C16H19BrO/c17-15-6-3-11(4-7-15)12-1-2-14-10-16(18)8-5-13(14)9-12/h3-4,6-7,12-14H,1-2,5,8-10H2. The molecule has 18 heavy (non-hydrogen) atoms. The summed E-state index contributed by atoms with van der Waals surface area (Å²) in [6.07, 6.45) is 6.62. The van der Waals surface area contributed by atoms with Crippen LogP contribution in [0, 0.1) is 11.8 Å². The van der Waals surface area contributed by atoms with Crippen molar-refractivity contribution in [3.8, 4) is 0 Å². The average Bonchev–Trinajstić information content (AvgIpc) is 2.39. The highest BCUT2D eigenvalue weighted by Crippen LogP contribution is 2.45. The number of carbonyl (C=O) groups is 1. The zero-order valence-electron chi connectivity index (χ0n) is 10.6. The molecule has 0 amide bonds. The lowest BCUT2D eigenvalue weighted by Crippen LogP contribution is -2.30. The number of fused-ring (bicyclic) bond motifs is 1. The molecule has 2 fully saturated rings. The van der Waals surface area contributed by atoms with Crippen LogP contribution >= 0.6 is 15.9 Å². The Morgan fingerprint density at radius 3 is 2.56 bits per heavy atom. The Hall–Kier alpha value is -0.630. The molecule has 96 valence electrons. The highest BCUT2D eigenvalue weighted by atomic mass is 79.9. The molecule has 0 saturated heterocycles. The number of ketones is 1. The Balaban J connectivity index is 1.70. The van der Waals surface area contributed by atoms with Crippen molar-refractivity contribution in [1.82, 2.24) is 0 Å². The number of hydrogen-bond donors (Lipinski definition) is 0. The number of benzene rings is 1. The molecule has 0 N–H and O–H groups in total. The van der Waals surface area contributed by atoms with E-state index in [1.54, 1.807) is 0 Å². The minimum absolute atomic E-state index is 0.498. The molecular weight excluding hydrogens is 288 g/mol. The van der Waals surface area contributed by atoms with Gasteiger partial charge in [0.1, 0.15) is 5.78 Å². The second kappa shape index (κ2) is 5.16.